The predicted molar refractivity (Wildman–Crippen MR) is 364 cm³/mol. The summed E-state index contributed by atoms with van der Waals surface area (Å²) in [5.74, 6) is -7.36. The van der Waals surface area contributed by atoms with Crippen LogP contribution in [0, 0.1) is 0 Å². The van der Waals surface area contributed by atoms with Crippen LogP contribution in [0.1, 0.15) is 240 Å². The van der Waals surface area contributed by atoms with E-state index in [1.807, 2.05) is 6.08 Å². The third-order valence-electron chi connectivity index (χ3n) is 19.5. The molecule has 0 spiro atoms. The summed E-state index contributed by atoms with van der Waals surface area (Å²) < 4.78 is 47.9. The van der Waals surface area contributed by atoms with E-state index in [9.17, 15) is 90.7 Å². The van der Waals surface area contributed by atoms with Gasteiger partial charge in [0.1, 0.15) is 91.5 Å². The number of carboxylic acids is 1. The molecule has 17 N–H and O–H groups in total. The summed E-state index contributed by atoms with van der Waals surface area (Å²) in [6, 6.07) is -4.52. The number of ether oxygens (including phenoxy) is 8. The third-order valence-corrected chi connectivity index (χ3v) is 19.5. The Kier molecular flexibility index (Phi) is 44.2. The molecule has 0 aromatic carbocycles. The van der Waals surface area contributed by atoms with E-state index in [2.05, 4.69) is 29.8 Å². The minimum Gasteiger partial charge on any atom is -0.477 e. The molecule has 4 rings (SSSR count). The van der Waals surface area contributed by atoms with Crippen molar-refractivity contribution in [1.82, 2.24) is 16.0 Å². The number of rotatable bonds is 53. The maximum Gasteiger partial charge on any atom is 0.364 e. The Hall–Kier alpha value is -3.22. The fraction of sp³-hybridized carbons (Fsp3) is 0.915. The Labute approximate surface area is 591 Å². The van der Waals surface area contributed by atoms with Crippen LogP contribution in [0.5, 0.6) is 0 Å². The summed E-state index contributed by atoms with van der Waals surface area (Å²) in [4.78, 5) is 52.0. The second kappa shape index (κ2) is 49.5. The maximum absolute atomic E-state index is 13.6. The number of nitrogens with one attached hydrogen (secondary N) is 3. The Morgan fingerprint density at radius 1 is 0.520 bits per heavy atom. The Morgan fingerprint density at radius 3 is 1.45 bits per heavy atom. The van der Waals surface area contributed by atoms with Crippen molar-refractivity contribution in [3.8, 4) is 0 Å². The second-order valence-electron chi connectivity index (χ2n) is 27.9. The quantitative estimate of drug-likeness (QED) is 0.0307. The summed E-state index contributed by atoms with van der Waals surface area (Å²) in [5, 5.41) is 163. The van der Waals surface area contributed by atoms with Crippen molar-refractivity contribution in [2.75, 3.05) is 33.0 Å². The SMILES string of the molecule is CCCCCCCCCCCCCC=CC(O)C(COC1OC(CO)C(OC2OC(CO)C(OC3OC(CO)C(O)C(O)C3NC(C)=O)C(OC3(C(=O)O)CC(O)C(NC(C)=O)C(C(O)C(O)CO)O3)C2O)C(O)C1O)NC(=O)CCCCCCCCCCCCCCCCCCCCC. The second-order valence-corrected chi connectivity index (χ2v) is 27.9. The van der Waals surface area contributed by atoms with E-state index in [1.165, 1.54) is 135 Å². The molecule has 4 saturated heterocycles. The Balaban J connectivity index is 1.50. The van der Waals surface area contributed by atoms with Gasteiger partial charge in [0, 0.05) is 26.7 Å². The van der Waals surface area contributed by atoms with Crippen molar-refractivity contribution < 1.29 is 129 Å². The molecule has 23 unspecified atom stereocenters. The van der Waals surface area contributed by atoms with Crippen molar-refractivity contribution in [3.63, 3.8) is 0 Å². The standard InChI is InChI=1S/C71H129N3O26/c1-5-7-9-11-13-15-17-19-20-21-22-23-24-26-28-30-32-34-36-38-54(84)74-47(48(81)37-35-33-31-29-27-25-18-16-14-12-10-8-6-2)44-93-68-61(89)60(88)63(52(42-77)95-68)97-69-62(90)66(64(53(43-78)96-69)98-67-56(73-46(4)80)59(87)58(86)51(41-76)94-67)100-71(70(91)92)39-49(82)55(72-45(3)79)65(99-71)57(85)50(83)40-75/h35,37,47-53,55-69,75-78,81-83,85-90H,5-34,36,38-44H2,1-4H3,(H,72,79)(H,73,80)(H,74,84)(H,91,92). The molecule has 0 aromatic heterocycles. The predicted octanol–water partition coefficient (Wildman–Crippen LogP) is 2.69. The average molecular weight is 1440 g/mol. The van der Waals surface area contributed by atoms with Gasteiger partial charge in [0.25, 0.3) is 5.79 Å². The molecule has 4 aliphatic rings. The first kappa shape index (κ1) is 89.2. The van der Waals surface area contributed by atoms with Gasteiger partial charge in [0.15, 0.2) is 18.9 Å². The minimum atomic E-state index is -3.28. The normalized spacial score (nSPS) is 31.5. The van der Waals surface area contributed by atoms with Crippen molar-refractivity contribution in [2.24, 2.45) is 0 Å². The highest BCUT2D eigenvalue weighted by Crippen LogP contribution is 2.40. The van der Waals surface area contributed by atoms with Crippen molar-refractivity contribution in [2.45, 2.75) is 380 Å². The first-order valence-corrected chi connectivity index (χ1v) is 37.6. The van der Waals surface area contributed by atoms with E-state index >= 15 is 0 Å². The third kappa shape index (κ3) is 30.0. The van der Waals surface area contributed by atoms with Gasteiger partial charge in [-0.05, 0) is 19.3 Å². The van der Waals surface area contributed by atoms with E-state index in [-0.39, 0.29) is 12.3 Å². The zero-order chi connectivity index (χ0) is 73.6. The smallest absolute Gasteiger partial charge is 0.364 e. The lowest BCUT2D eigenvalue weighted by Gasteiger charge is -2.52. The Morgan fingerprint density at radius 2 is 0.970 bits per heavy atom. The van der Waals surface area contributed by atoms with Crippen LogP contribution in [0.2, 0.25) is 0 Å². The average Bonchev–Trinajstić information content (AvgIpc) is 0.750. The number of carbonyl (C=O) groups is 4. The lowest BCUT2D eigenvalue weighted by molar-refractivity contribution is -0.401. The van der Waals surface area contributed by atoms with Crippen molar-refractivity contribution in [3.05, 3.63) is 12.2 Å². The van der Waals surface area contributed by atoms with Crippen LogP contribution in [0.4, 0.5) is 0 Å². The van der Waals surface area contributed by atoms with Gasteiger partial charge in [-0.3, -0.25) is 14.4 Å². The molecule has 584 valence electrons. The molecule has 0 aliphatic carbocycles. The van der Waals surface area contributed by atoms with Crippen molar-refractivity contribution >= 4 is 23.7 Å². The van der Waals surface area contributed by atoms with E-state index in [1.54, 1.807) is 6.08 Å². The molecule has 23 atom stereocenters. The molecular weight excluding hydrogens is 1310 g/mol. The van der Waals surface area contributed by atoms with E-state index in [0.29, 0.717) is 12.8 Å². The van der Waals surface area contributed by atoms with E-state index in [0.717, 1.165) is 65.2 Å². The van der Waals surface area contributed by atoms with Crippen LogP contribution >= 0.6 is 0 Å². The monoisotopic (exact) mass is 1440 g/mol. The molecule has 4 heterocycles. The Bertz CT molecular complexity index is 2250. The van der Waals surface area contributed by atoms with Gasteiger partial charge in [-0.1, -0.05) is 206 Å². The molecule has 0 bridgehead atoms. The van der Waals surface area contributed by atoms with Gasteiger partial charge >= 0.3 is 5.97 Å². The molecule has 29 nitrogen and oxygen atoms in total. The number of hydrogen-bond donors (Lipinski definition) is 17. The van der Waals surface area contributed by atoms with Crippen LogP contribution in [0.3, 0.4) is 0 Å². The number of aliphatic carboxylic acids is 1. The minimum absolute atomic E-state index is 0.162. The number of carboxylic acid groups (broad SMARTS) is 1. The highest BCUT2D eigenvalue weighted by Gasteiger charge is 2.62. The van der Waals surface area contributed by atoms with Gasteiger partial charge in [-0.15, -0.1) is 0 Å². The van der Waals surface area contributed by atoms with Crippen LogP contribution in [0.25, 0.3) is 0 Å². The largest absolute Gasteiger partial charge is 0.477 e. The van der Waals surface area contributed by atoms with E-state index < -0.39 is 198 Å². The highest BCUT2D eigenvalue weighted by molar-refractivity contribution is 5.77. The molecule has 29 heteroatoms. The summed E-state index contributed by atoms with van der Waals surface area (Å²) >= 11 is 0. The van der Waals surface area contributed by atoms with E-state index in [4.69, 9.17) is 37.9 Å². The van der Waals surface area contributed by atoms with Gasteiger partial charge in [-0.25, -0.2) is 4.79 Å². The fourth-order valence-corrected chi connectivity index (χ4v) is 13.5. The van der Waals surface area contributed by atoms with Gasteiger partial charge in [0.2, 0.25) is 17.7 Å². The zero-order valence-corrected chi connectivity index (χ0v) is 59.9. The topological polar surface area (TPSA) is 461 Å². The number of unbranched alkanes of at least 4 members (excludes halogenated alkanes) is 29. The zero-order valence-electron chi connectivity index (χ0n) is 59.9. The first-order chi connectivity index (χ1) is 48.0. The van der Waals surface area contributed by atoms with Crippen molar-refractivity contribution in [1.29, 1.82) is 0 Å². The molecule has 3 amide bonds. The highest BCUT2D eigenvalue weighted by atomic mass is 16.8. The first-order valence-electron chi connectivity index (χ1n) is 37.6. The number of allylic oxidation sites excluding steroid dienone is 1. The lowest BCUT2D eigenvalue weighted by atomic mass is 9.88. The maximum atomic E-state index is 13.6. The molecule has 4 aliphatic heterocycles. The van der Waals surface area contributed by atoms with Crippen LogP contribution < -0.4 is 16.0 Å². The van der Waals surface area contributed by atoms with Gasteiger partial charge < -0.3 is 125 Å². The molecule has 0 saturated carbocycles. The van der Waals surface area contributed by atoms with Crippen LogP contribution in [-0.4, -0.2) is 269 Å². The summed E-state index contributed by atoms with van der Waals surface area (Å²) in [6.07, 6.45) is 0.923. The number of carbonyl (C=O) groups excluding carboxylic acids is 3. The summed E-state index contributed by atoms with van der Waals surface area (Å²) in [5.41, 5.74) is 0. The molecule has 100 heavy (non-hydrogen) atoms. The number of hydrogen-bond acceptors (Lipinski definition) is 25. The number of aliphatic hydroxyl groups excluding tert-OH is 13. The van der Waals surface area contributed by atoms with Crippen LogP contribution in [0.15, 0.2) is 12.2 Å². The fourth-order valence-electron chi connectivity index (χ4n) is 13.5. The van der Waals surface area contributed by atoms with Gasteiger partial charge in [-0.2, -0.15) is 0 Å². The van der Waals surface area contributed by atoms with Gasteiger partial charge in [0.05, 0.1) is 57.3 Å². The number of aliphatic hydroxyl groups is 13. The molecule has 0 aromatic rings. The summed E-state index contributed by atoms with van der Waals surface area (Å²) in [6.45, 7) is 1.75. The van der Waals surface area contributed by atoms with Crippen LogP contribution in [-0.2, 0) is 57.1 Å². The molecule has 0 radical (unpaired) electrons. The number of amides is 3. The molecular formula is C71H129N3O26. The lowest BCUT2D eigenvalue weighted by Crippen LogP contribution is -2.72. The molecule has 4 fully saturated rings. The summed E-state index contributed by atoms with van der Waals surface area (Å²) in [7, 11) is 0.